The quantitative estimate of drug-likeness (QED) is 0.668. The number of nitrogen functional groups attached to an aromatic ring is 1. The van der Waals surface area contributed by atoms with E-state index in [0.29, 0.717) is 19.7 Å². The Morgan fingerprint density at radius 2 is 1.90 bits per heavy atom. The number of rotatable bonds is 3. The van der Waals surface area contributed by atoms with Gasteiger partial charge in [0.1, 0.15) is 4.90 Å². The molecule has 0 radical (unpaired) electrons. The van der Waals surface area contributed by atoms with Crippen molar-refractivity contribution in [1.82, 2.24) is 0 Å². The van der Waals surface area contributed by atoms with E-state index in [2.05, 4.69) is 36.6 Å². The summed E-state index contributed by atoms with van der Waals surface area (Å²) in [6, 6.07) is 8.28. The van der Waals surface area contributed by atoms with Crippen molar-refractivity contribution in [1.29, 1.82) is 0 Å². The van der Waals surface area contributed by atoms with Crippen molar-refractivity contribution in [2.45, 2.75) is 11.8 Å². The number of nitrogens with one attached hydrogen (secondary N) is 1. The molecule has 0 saturated heterocycles. The summed E-state index contributed by atoms with van der Waals surface area (Å²) < 4.78 is 28.7. The average molecular weight is 455 g/mol. The molecule has 0 unspecified atom stereocenters. The lowest BCUT2D eigenvalue weighted by Gasteiger charge is -2.15. The molecule has 0 amide bonds. The van der Waals surface area contributed by atoms with Crippen molar-refractivity contribution in [3.8, 4) is 0 Å². The molecule has 3 N–H and O–H groups in total. The molecule has 0 spiro atoms. The molecule has 2 aromatic rings. The molecule has 0 aromatic heterocycles. The molecule has 112 valence electrons. The first-order valence-electron chi connectivity index (χ1n) is 5.75. The number of hydrogen-bond donors (Lipinski definition) is 2. The highest BCUT2D eigenvalue weighted by molar-refractivity contribution is 9.11. The Morgan fingerprint density at radius 1 is 1.24 bits per heavy atom. The fourth-order valence-electron chi connectivity index (χ4n) is 1.81. The molecule has 0 bridgehead atoms. The SMILES string of the molecule is Cc1cccc(Cl)c1NS(=O)(=O)c1c(N)cc(Br)cc1Br. The predicted octanol–water partition coefficient (Wildman–Crippen LogP) is 4.56. The number of anilines is 2. The number of benzene rings is 2. The van der Waals surface area contributed by atoms with Crippen molar-refractivity contribution in [2.24, 2.45) is 0 Å². The van der Waals surface area contributed by atoms with Gasteiger partial charge in [0.2, 0.25) is 0 Å². The van der Waals surface area contributed by atoms with Crippen molar-refractivity contribution >= 4 is 64.9 Å². The zero-order valence-electron chi connectivity index (χ0n) is 10.8. The fourth-order valence-corrected chi connectivity index (χ4v) is 5.36. The van der Waals surface area contributed by atoms with Crippen LogP contribution < -0.4 is 10.5 Å². The number of halogens is 3. The number of sulfonamides is 1. The van der Waals surface area contributed by atoms with Gasteiger partial charge in [-0.3, -0.25) is 4.72 Å². The highest BCUT2D eigenvalue weighted by atomic mass is 79.9. The van der Waals surface area contributed by atoms with Crippen LogP contribution in [0, 0.1) is 6.92 Å². The van der Waals surface area contributed by atoms with Crippen molar-refractivity contribution in [3.05, 3.63) is 49.9 Å². The molecular formula is C13H11Br2ClN2O2S. The standard InChI is InChI=1S/C13H11Br2ClN2O2S/c1-7-3-2-4-10(16)12(7)18-21(19,20)13-9(15)5-8(14)6-11(13)17/h2-6,18H,17H2,1H3. The van der Waals surface area contributed by atoms with Crippen LogP contribution in [0.1, 0.15) is 5.56 Å². The zero-order valence-corrected chi connectivity index (χ0v) is 15.6. The van der Waals surface area contributed by atoms with Crippen LogP contribution in [0.3, 0.4) is 0 Å². The molecule has 0 aliphatic rings. The van der Waals surface area contributed by atoms with E-state index in [4.69, 9.17) is 17.3 Å². The molecule has 21 heavy (non-hydrogen) atoms. The molecule has 0 atom stereocenters. The highest BCUT2D eigenvalue weighted by Gasteiger charge is 2.23. The van der Waals surface area contributed by atoms with Gasteiger partial charge in [-0.05, 0) is 46.6 Å². The normalized spacial score (nSPS) is 11.4. The van der Waals surface area contributed by atoms with E-state index in [1.807, 2.05) is 0 Å². The van der Waals surface area contributed by atoms with Gasteiger partial charge in [0, 0.05) is 8.95 Å². The van der Waals surface area contributed by atoms with Crippen LogP contribution in [0.2, 0.25) is 5.02 Å². The Labute approximate surface area is 145 Å². The van der Waals surface area contributed by atoms with E-state index in [-0.39, 0.29) is 10.6 Å². The number of para-hydroxylation sites is 1. The van der Waals surface area contributed by atoms with Crippen LogP contribution in [-0.4, -0.2) is 8.42 Å². The summed E-state index contributed by atoms with van der Waals surface area (Å²) in [4.78, 5) is -0.0231. The monoisotopic (exact) mass is 452 g/mol. The van der Waals surface area contributed by atoms with E-state index < -0.39 is 10.0 Å². The molecule has 2 aromatic carbocycles. The maximum atomic E-state index is 12.6. The topological polar surface area (TPSA) is 72.2 Å². The largest absolute Gasteiger partial charge is 0.398 e. The predicted molar refractivity (Wildman–Crippen MR) is 93.3 cm³/mol. The first kappa shape index (κ1) is 16.6. The first-order valence-corrected chi connectivity index (χ1v) is 9.19. The Bertz CT molecular complexity index is 767. The number of hydrogen-bond acceptors (Lipinski definition) is 3. The van der Waals surface area contributed by atoms with Gasteiger partial charge in [-0.1, -0.05) is 39.7 Å². The van der Waals surface area contributed by atoms with Gasteiger partial charge in [0.05, 0.1) is 16.4 Å². The minimum absolute atomic E-state index is 0.0231. The van der Waals surface area contributed by atoms with Gasteiger partial charge >= 0.3 is 0 Å². The third-order valence-electron chi connectivity index (χ3n) is 2.76. The average Bonchev–Trinajstić information content (AvgIpc) is 2.32. The summed E-state index contributed by atoms with van der Waals surface area (Å²) in [6.45, 7) is 1.77. The third kappa shape index (κ3) is 3.53. The first-order chi connectivity index (χ1) is 9.72. The molecule has 0 heterocycles. The zero-order chi connectivity index (χ0) is 15.8. The van der Waals surface area contributed by atoms with Gasteiger partial charge in [0.25, 0.3) is 10.0 Å². The van der Waals surface area contributed by atoms with Gasteiger partial charge < -0.3 is 5.73 Å². The molecule has 2 rings (SSSR count). The van der Waals surface area contributed by atoms with Crippen LogP contribution >= 0.6 is 43.5 Å². The number of aryl methyl sites for hydroxylation is 1. The Kier molecular flexibility index (Phi) is 4.87. The minimum Gasteiger partial charge on any atom is -0.398 e. The fraction of sp³-hybridized carbons (Fsp3) is 0.0769. The van der Waals surface area contributed by atoms with E-state index in [0.717, 1.165) is 5.56 Å². The van der Waals surface area contributed by atoms with Crippen LogP contribution in [-0.2, 0) is 10.0 Å². The van der Waals surface area contributed by atoms with Gasteiger partial charge in [-0.25, -0.2) is 8.42 Å². The second-order valence-corrected chi connectivity index (χ2v) is 8.14. The van der Waals surface area contributed by atoms with Crippen LogP contribution in [0.25, 0.3) is 0 Å². The van der Waals surface area contributed by atoms with Gasteiger partial charge in [-0.15, -0.1) is 0 Å². The number of nitrogens with two attached hydrogens (primary N) is 1. The van der Waals surface area contributed by atoms with Crippen LogP contribution in [0.4, 0.5) is 11.4 Å². The summed E-state index contributed by atoms with van der Waals surface area (Å²) >= 11 is 12.5. The van der Waals surface area contributed by atoms with Gasteiger partial charge in [-0.2, -0.15) is 0 Å². The molecule has 0 aliphatic carbocycles. The Balaban J connectivity index is 2.54. The van der Waals surface area contributed by atoms with Crippen LogP contribution in [0.15, 0.2) is 44.2 Å². The maximum Gasteiger partial charge on any atom is 0.265 e. The molecule has 0 aliphatic heterocycles. The molecule has 4 nitrogen and oxygen atoms in total. The van der Waals surface area contributed by atoms with E-state index in [1.165, 1.54) is 6.07 Å². The maximum absolute atomic E-state index is 12.6. The lowest BCUT2D eigenvalue weighted by Crippen LogP contribution is -2.16. The van der Waals surface area contributed by atoms with E-state index in [9.17, 15) is 8.42 Å². The van der Waals surface area contributed by atoms with Gasteiger partial charge in [0.15, 0.2) is 0 Å². The molecular weight excluding hydrogens is 443 g/mol. The summed E-state index contributed by atoms with van der Waals surface area (Å²) in [5.74, 6) is 0. The van der Waals surface area contributed by atoms with Crippen molar-refractivity contribution in [3.63, 3.8) is 0 Å². The summed E-state index contributed by atoms with van der Waals surface area (Å²) in [6.07, 6.45) is 0. The van der Waals surface area contributed by atoms with Crippen molar-refractivity contribution in [2.75, 3.05) is 10.5 Å². The summed E-state index contributed by atoms with van der Waals surface area (Å²) in [7, 11) is -3.86. The lowest BCUT2D eigenvalue weighted by atomic mass is 10.2. The Morgan fingerprint density at radius 3 is 2.48 bits per heavy atom. The van der Waals surface area contributed by atoms with E-state index in [1.54, 1.807) is 31.2 Å². The Hall–Kier alpha value is -0.760. The summed E-state index contributed by atoms with van der Waals surface area (Å²) in [5.41, 5.74) is 7.02. The second-order valence-electron chi connectivity index (χ2n) is 4.34. The lowest BCUT2D eigenvalue weighted by molar-refractivity contribution is 0.601. The minimum atomic E-state index is -3.86. The third-order valence-corrected chi connectivity index (χ3v) is 5.89. The molecule has 8 heteroatoms. The van der Waals surface area contributed by atoms with Crippen molar-refractivity contribution < 1.29 is 8.42 Å². The highest BCUT2D eigenvalue weighted by Crippen LogP contribution is 2.34. The molecule has 0 saturated carbocycles. The summed E-state index contributed by atoms with van der Waals surface area (Å²) in [5, 5.41) is 0.324. The molecule has 0 fully saturated rings. The smallest absolute Gasteiger partial charge is 0.265 e. The van der Waals surface area contributed by atoms with E-state index >= 15 is 0 Å². The van der Waals surface area contributed by atoms with Crippen LogP contribution in [0.5, 0.6) is 0 Å². The second kappa shape index (κ2) is 6.16.